The highest BCUT2D eigenvalue weighted by Gasteiger charge is 2.46. The first kappa shape index (κ1) is 32.3. The van der Waals surface area contributed by atoms with Gasteiger partial charge in [-0.15, -0.1) is 0 Å². The molecule has 2 aliphatic carbocycles. The summed E-state index contributed by atoms with van der Waals surface area (Å²) >= 11 is 3.59. The summed E-state index contributed by atoms with van der Waals surface area (Å²) < 4.78 is 13.6. The Bertz CT molecular complexity index is 2750. The molecule has 0 aromatic heterocycles. The molecule has 2 nitrogen and oxygen atoms in total. The zero-order valence-electron chi connectivity index (χ0n) is 30.8. The normalized spacial score (nSPS) is 18.8. The molecule has 2 aliphatic heterocycles. The third-order valence-corrected chi connectivity index (χ3v) is 14.8. The minimum Gasteiger partial charge on any atom is -0.454 e. The van der Waals surface area contributed by atoms with Crippen molar-refractivity contribution in [3.63, 3.8) is 0 Å². The fourth-order valence-corrected chi connectivity index (χ4v) is 11.7. The van der Waals surface area contributed by atoms with E-state index >= 15 is 0 Å². The van der Waals surface area contributed by atoms with Crippen LogP contribution >= 0.6 is 23.5 Å². The van der Waals surface area contributed by atoms with E-state index in [9.17, 15) is 0 Å². The van der Waals surface area contributed by atoms with Crippen LogP contribution in [0.1, 0.15) is 47.2 Å². The van der Waals surface area contributed by atoms with Crippen LogP contribution in [0.4, 0.5) is 0 Å². The number of rotatable bonds is 3. The van der Waals surface area contributed by atoms with Gasteiger partial charge in [-0.1, -0.05) is 145 Å². The van der Waals surface area contributed by atoms with Gasteiger partial charge in [0.15, 0.2) is 0 Å². The smallest absolute Gasteiger partial charge is 0.149 e. The van der Waals surface area contributed by atoms with Gasteiger partial charge in [-0.3, -0.25) is 0 Å². The first-order valence-electron chi connectivity index (χ1n) is 19.2. The fraction of sp³-hybridized carbons (Fsp3) is 0.0769. The Hall–Kier alpha value is -5.94. The number of fused-ring (bicyclic) bond motifs is 12. The molecule has 0 fully saturated rings. The van der Waals surface area contributed by atoms with Crippen LogP contribution in [0.25, 0.3) is 33.4 Å². The van der Waals surface area contributed by atoms with Gasteiger partial charge in [0, 0.05) is 22.0 Å². The van der Waals surface area contributed by atoms with Crippen molar-refractivity contribution in [3.8, 4) is 56.4 Å². The molecular formula is C52H34O2S2. The molecule has 0 saturated heterocycles. The minimum absolute atomic E-state index is 0.377. The second-order valence-electron chi connectivity index (χ2n) is 15.4. The summed E-state index contributed by atoms with van der Waals surface area (Å²) in [4.78, 5) is 4.61. The number of para-hydroxylation sites is 2. The van der Waals surface area contributed by atoms with E-state index in [1.54, 1.807) is 23.5 Å². The predicted molar refractivity (Wildman–Crippen MR) is 228 cm³/mol. The van der Waals surface area contributed by atoms with Crippen molar-refractivity contribution in [2.24, 2.45) is 0 Å². The highest BCUT2D eigenvalue weighted by atomic mass is 32.2. The Morgan fingerprint density at radius 3 is 1.23 bits per heavy atom. The molecule has 4 aliphatic rings. The lowest BCUT2D eigenvalue weighted by atomic mass is 9.73. The molecule has 8 aromatic rings. The summed E-state index contributed by atoms with van der Waals surface area (Å²) in [6.45, 7) is 4.77. The fourth-order valence-electron chi connectivity index (χ4n) is 9.72. The summed E-state index contributed by atoms with van der Waals surface area (Å²) in [7, 11) is 0. The van der Waals surface area contributed by atoms with Crippen molar-refractivity contribution >= 4 is 23.5 Å². The molecular weight excluding hydrogens is 721 g/mol. The molecule has 4 heteroatoms. The molecule has 12 rings (SSSR count). The van der Waals surface area contributed by atoms with Crippen molar-refractivity contribution in [1.82, 2.24) is 0 Å². The van der Waals surface area contributed by atoms with Gasteiger partial charge in [-0.05, 0) is 118 Å². The van der Waals surface area contributed by atoms with Gasteiger partial charge in [-0.2, -0.15) is 0 Å². The Labute approximate surface area is 335 Å². The average Bonchev–Trinajstić information content (AvgIpc) is 3.68. The van der Waals surface area contributed by atoms with Gasteiger partial charge in [0.1, 0.15) is 23.0 Å². The summed E-state index contributed by atoms with van der Waals surface area (Å²) in [6, 6.07) is 62.0. The van der Waals surface area contributed by atoms with Gasteiger partial charge >= 0.3 is 0 Å². The first-order valence-corrected chi connectivity index (χ1v) is 20.8. The quantitative estimate of drug-likeness (QED) is 0.179. The second kappa shape index (κ2) is 11.8. The van der Waals surface area contributed by atoms with Crippen LogP contribution in [-0.2, 0) is 10.8 Å². The molecule has 0 saturated carbocycles. The molecule has 8 aromatic carbocycles. The SMILES string of the molecule is CC1(c2ccccc2)c2cc(-c3ccc4c(c3)C(C)(c3ccccc3)c3ccc5c(c3-4)Oc3ccccc3S5)ccc2-c2c1ccc1c2Oc2ccccc2S1. The van der Waals surface area contributed by atoms with E-state index in [1.807, 2.05) is 0 Å². The van der Waals surface area contributed by atoms with Crippen LogP contribution < -0.4 is 9.47 Å². The van der Waals surface area contributed by atoms with Gasteiger partial charge in [0.2, 0.25) is 0 Å². The lowest BCUT2D eigenvalue weighted by Gasteiger charge is -2.30. The van der Waals surface area contributed by atoms with E-state index in [0.717, 1.165) is 42.6 Å². The topological polar surface area (TPSA) is 18.5 Å². The number of hydrogen-bond acceptors (Lipinski definition) is 4. The zero-order valence-corrected chi connectivity index (χ0v) is 32.4. The number of hydrogen-bond donors (Lipinski definition) is 0. The molecule has 0 amide bonds. The number of benzene rings is 8. The summed E-state index contributed by atoms with van der Waals surface area (Å²) in [5.74, 6) is 3.75. The van der Waals surface area contributed by atoms with E-state index in [4.69, 9.17) is 9.47 Å². The van der Waals surface area contributed by atoms with Gasteiger partial charge in [0.25, 0.3) is 0 Å². The monoisotopic (exact) mass is 754 g/mol. The maximum atomic E-state index is 6.79. The third kappa shape index (κ3) is 4.37. The Morgan fingerprint density at radius 1 is 0.375 bits per heavy atom. The molecule has 0 bridgehead atoms. The highest BCUT2D eigenvalue weighted by Crippen LogP contribution is 2.63. The summed E-state index contributed by atoms with van der Waals surface area (Å²) in [6.07, 6.45) is 0. The van der Waals surface area contributed by atoms with E-state index < -0.39 is 0 Å². The minimum atomic E-state index is -0.377. The Morgan fingerprint density at radius 2 is 0.786 bits per heavy atom. The maximum Gasteiger partial charge on any atom is 0.149 e. The van der Waals surface area contributed by atoms with Gasteiger partial charge in [0.05, 0.1) is 19.6 Å². The van der Waals surface area contributed by atoms with Gasteiger partial charge in [-0.25, -0.2) is 0 Å². The van der Waals surface area contributed by atoms with E-state index in [1.165, 1.54) is 66.8 Å². The molecule has 266 valence electrons. The maximum absolute atomic E-state index is 6.79. The standard InChI is InChI=1S/C52H34O2S2/c1-51(33-13-5-3-6-14-33)37-25-27-45-49(53-41-17-9-11-19-43(41)55-45)47(37)35-23-21-31(29-39(35)51)32-22-24-36-40(30-32)52(2,34-15-7-4-8-16-34)38-26-28-46-50(48(36)38)54-42-18-10-12-20-44(42)56-46/h3-30H,1-2H3. The Kier molecular flexibility index (Phi) is 6.80. The molecule has 0 radical (unpaired) electrons. The van der Waals surface area contributed by atoms with E-state index in [-0.39, 0.29) is 10.8 Å². The van der Waals surface area contributed by atoms with Crippen molar-refractivity contribution in [2.75, 3.05) is 0 Å². The molecule has 0 N–H and O–H groups in total. The second-order valence-corrected chi connectivity index (χ2v) is 17.6. The van der Waals surface area contributed by atoms with Crippen LogP contribution in [0.15, 0.2) is 189 Å². The van der Waals surface area contributed by atoms with Crippen molar-refractivity contribution < 1.29 is 9.47 Å². The van der Waals surface area contributed by atoms with Crippen molar-refractivity contribution in [3.05, 3.63) is 203 Å². The Balaban J connectivity index is 1.04. The van der Waals surface area contributed by atoms with Crippen LogP contribution in [0.2, 0.25) is 0 Å². The zero-order chi connectivity index (χ0) is 37.2. The molecule has 0 spiro atoms. The predicted octanol–water partition coefficient (Wildman–Crippen LogP) is 14.5. The highest BCUT2D eigenvalue weighted by molar-refractivity contribution is 8.00. The molecule has 2 atom stereocenters. The largest absolute Gasteiger partial charge is 0.454 e. The van der Waals surface area contributed by atoms with Crippen LogP contribution in [0.3, 0.4) is 0 Å². The summed E-state index contributed by atoms with van der Waals surface area (Å²) in [5.41, 5.74) is 14.2. The van der Waals surface area contributed by atoms with E-state index in [2.05, 4.69) is 184 Å². The van der Waals surface area contributed by atoms with Crippen LogP contribution in [0.5, 0.6) is 23.0 Å². The van der Waals surface area contributed by atoms with Crippen LogP contribution in [0, 0.1) is 0 Å². The van der Waals surface area contributed by atoms with Crippen LogP contribution in [-0.4, -0.2) is 0 Å². The van der Waals surface area contributed by atoms with Crippen molar-refractivity contribution in [2.45, 2.75) is 44.3 Å². The third-order valence-electron chi connectivity index (χ3n) is 12.6. The lowest BCUT2D eigenvalue weighted by Crippen LogP contribution is -2.22. The molecule has 2 heterocycles. The molecule has 56 heavy (non-hydrogen) atoms. The first-order chi connectivity index (χ1) is 27.5. The summed E-state index contributed by atoms with van der Waals surface area (Å²) in [5, 5.41) is 0. The van der Waals surface area contributed by atoms with E-state index in [0.29, 0.717) is 0 Å². The number of ether oxygens (including phenoxy) is 2. The average molecular weight is 755 g/mol. The van der Waals surface area contributed by atoms with Crippen molar-refractivity contribution in [1.29, 1.82) is 0 Å². The van der Waals surface area contributed by atoms with Gasteiger partial charge < -0.3 is 9.47 Å². The lowest BCUT2D eigenvalue weighted by molar-refractivity contribution is 0.455. The molecule has 2 unspecified atom stereocenters.